The van der Waals surface area contributed by atoms with Gasteiger partial charge in [-0.2, -0.15) is 0 Å². The molecule has 1 heterocycles. The summed E-state index contributed by atoms with van der Waals surface area (Å²) in [5.74, 6) is 0.359. The molecule has 21 heavy (non-hydrogen) atoms. The van der Waals surface area contributed by atoms with Crippen molar-refractivity contribution in [3.8, 4) is 0 Å². The molecular weight excluding hydrogens is 304 g/mol. The van der Waals surface area contributed by atoms with Crippen molar-refractivity contribution in [2.75, 3.05) is 5.32 Å². The van der Waals surface area contributed by atoms with E-state index in [1.807, 2.05) is 11.4 Å². The third-order valence-electron chi connectivity index (χ3n) is 3.31. The third kappa shape index (κ3) is 4.05. The van der Waals surface area contributed by atoms with Gasteiger partial charge in [-0.25, -0.2) is 4.98 Å². The van der Waals surface area contributed by atoms with Crippen LogP contribution in [0.4, 0.5) is 5.69 Å². The molecule has 0 spiro atoms. The molecule has 5 heteroatoms. The summed E-state index contributed by atoms with van der Waals surface area (Å²) in [6.45, 7) is 4.19. The van der Waals surface area contributed by atoms with Gasteiger partial charge in [0.1, 0.15) is 5.01 Å². The van der Waals surface area contributed by atoms with Crippen LogP contribution in [0.5, 0.6) is 0 Å². The van der Waals surface area contributed by atoms with E-state index in [1.165, 1.54) is 22.5 Å². The van der Waals surface area contributed by atoms with Crippen molar-refractivity contribution in [1.29, 1.82) is 0 Å². The zero-order valence-electron chi connectivity index (χ0n) is 12.3. The summed E-state index contributed by atoms with van der Waals surface area (Å²) >= 11 is 7.21. The smallest absolute Gasteiger partial charge is 0.231 e. The van der Waals surface area contributed by atoms with Crippen LogP contribution in [-0.4, -0.2) is 10.9 Å². The normalized spacial score (nSPS) is 10.6. The predicted molar refractivity (Wildman–Crippen MR) is 89.2 cm³/mol. The van der Waals surface area contributed by atoms with E-state index in [4.69, 9.17) is 11.6 Å². The molecule has 1 amide bonds. The summed E-state index contributed by atoms with van der Waals surface area (Å²) in [4.78, 5) is 16.6. The standard InChI is InChI=1S/C16H19ClN2OS/c1-3-11-6-5-7-12(4-2)16(11)19-14(20)8-15-18-13(9-17)10-21-15/h5-7,10H,3-4,8-9H2,1-2H3,(H,19,20). The van der Waals surface area contributed by atoms with Crippen LogP contribution in [0.25, 0.3) is 0 Å². The molecule has 1 aromatic heterocycles. The molecule has 0 aliphatic rings. The van der Waals surface area contributed by atoms with Gasteiger partial charge in [-0.05, 0) is 24.0 Å². The average molecular weight is 323 g/mol. The summed E-state index contributed by atoms with van der Waals surface area (Å²) in [6, 6.07) is 6.16. The van der Waals surface area contributed by atoms with E-state index in [-0.39, 0.29) is 5.91 Å². The first kappa shape index (κ1) is 16.0. The van der Waals surface area contributed by atoms with E-state index in [0.29, 0.717) is 12.3 Å². The Hall–Kier alpha value is -1.39. The lowest BCUT2D eigenvalue weighted by Gasteiger charge is -2.14. The maximum Gasteiger partial charge on any atom is 0.231 e. The molecule has 0 atom stereocenters. The average Bonchev–Trinajstić information content (AvgIpc) is 2.94. The molecule has 0 radical (unpaired) electrons. The van der Waals surface area contributed by atoms with Gasteiger partial charge in [0.15, 0.2) is 0 Å². The molecule has 112 valence electrons. The fourth-order valence-electron chi connectivity index (χ4n) is 2.22. The number of amides is 1. The van der Waals surface area contributed by atoms with Gasteiger partial charge in [0.25, 0.3) is 0 Å². The number of rotatable bonds is 6. The summed E-state index contributed by atoms with van der Waals surface area (Å²) < 4.78 is 0. The Labute approximate surface area is 134 Å². The van der Waals surface area contributed by atoms with Crippen LogP contribution in [0.2, 0.25) is 0 Å². The number of aryl methyl sites for hydroxylation is 2. The van der Waals surface area contributed by atoms with Gasteiger partial charge in [0.05, 0.1) is 18.0 Å². The number of anilines is 1. The van der Waals surface area contributed by atoms with Crippen LogP contribution in [0.3, 0.4) is 0 Å². The van der Waals surface area contributed by atoms with E-state index in [9.17, 15) is 4.79 Å². The lowest BCUT2D eigenvalue weighted by molar-refractivity contribution is -0.115. The van der Waals surface area contributed by atoms with Gasteiger partial charge in [-0.1, -0.05) is 32.0 Å². The van der Waals surface area contributed by atoms with Crippen LogP contribution in [0.1, 0.15) is 35.7 Å². The minimum Gasteiger partial charge on any atom is -0.325 e. The number of benzene rings is 1. The molecule has 1 aromatic carbocycles. The number of nitrogens with one attached hydrogen (secondary N) is 1. The van der Waals surface area contributed by atoms with E-state index in [1.54, 1.807) is 0 Å². The molecule has 0 bridgehead atoms. The summed E-state index contributed by atoms with van der Waals surface area (Å²) in [5, 5.41) is 5.75. The van der Waals surface area contributed by atoms with E-state index < -0.39 is 0 Å². The number of aromatic nitrogens is 1. The van der Waals surface area contributed by atoms with E-state index in [2.05, 4.69) is 36.3 Å². The second kappa shape index (κ2) is 7.57. The zero-order valence-corrected chi connectivity index (χ0v) is 13.9. The van der Waals surface area contributed by atoms with Crippen LogP contribution in [0.15, 0.2) is 23.6 Å². The molecule has 3 nitrogen and oxygen atoms in total. The highest BCUT2D eigenvalue weighted by molar-refractivity contribution is 7.09. The fourth-order valence-corrected chi connectivity index (χ4v) is 3.24. The monoisotopic (exact) mass is 322 g/mol. The largest absolute Gasteiger partial charge is 0.325 e. The summed E-state index contributed by atoms with van der Waals surface area (Å²) in [6.07, 6.45) is 2.09. The number of nitrogens with zero attached hydrogens (tertiary/aromatic N) is 1. The Bertz CT molecular complexity index is 602. The minimum atomic E-state index is -0.0268. The number of hydrogen-bond acceptors (Lipinski definition) is 3. The Morgan fingerprint density at radius 1 is 1.29 bits per heavy atom. The minimum absolute atomic E-state index is 0.0268. The number of para-hydroxylation sites is 1. The van der Waals surface area contributed by atoms with Gasteiger partial charge in [-0.15, -0.1) is 22.9 Å². The SMILES string of the molecule is CCc1cccc(CC)c1NC(=O)Cc1nc(CCl)cs1. The molecule has 0 fully saturated rings. The Morgan fingerprint density at radius 3 is 2.48 bits per heavy atom. The van der Waals surface area contributed by atoms with Crippen LogP contribution in [-0.2, 0) is 29.9 Å². The topological polar surface area (TPSA) is 42.0 Å². The third-order valence-corrected chi connectivity index (χ3v) is 4.48. The maximum atomic E-state index is 12.2. The number of carbonyl (C=O) groups is 1. The number of carbonyl (C=O) groups excluding carboxylic acids is 1. The Balaban J connectivity index is 2.12. The highest BCUT2D eigenvalue weighted by Gasteiger charge is 2.12. The second-order valence-corrected chi connectivity index (χ2v) is 5.96. The first-order valence-electron chi connectivity index (χ1n) is 7.07. The summed E-state index contributed by atoms with van der Waals surface area (Å²) in [5.41, 5.74) is 4.13. The molecular formula is C16H19ClN2OS. The van der Waals surface area contributed by atoms with E-state index >= 15 is 0 Å². The molecule has 2 aromatic rings. The molecule has 0 aliphatic carbocycles. The Morgan fingerprint density at radius 2 is 1.95 bits per heavy atom. The highest BCUT2D eigenvalue weighted by Crippen LogP contribution is 2.23. The van der Waals surface area contributed by atoms with Crippen molar-refractivity contribution >= 4 is 34.5 Å². The number of halogens is 1. The van der Waals surface area contributed by atoms with Crippen LogP contribution >= 0.6 is 22.9 Å². The molecule has 0 saturated carbocycles. The quantitative estimate of drug-likeness (QED) is 0.810. The molecule has 1 N–H and O–H groups in total. The maximum absolute atomic E-state index is 12.2. The number of thiazole rings is 1. The van der Waals surface area contributed by atoms with Crippen molar-refractivity contribution in [3.05, 3.63) is 45.4 Å². The summed E-state index contributed by atoms with van der Waals surface area (Å²) in [7, 11) is 0. The molecule has 0 saturated heterocycles. The van der Waals surface area contributed by atoms with Gasteiger partial charge in [-0.3, -0.25) is 4.79 Å². The van der Waals surface area contributed by atoms with Gasteiger partial charge < -0.3 is 5.32 Å². The second-order valence-electron chi connectivity index (χ2n) is 4.75. The van der Waals surface area contributed by atoms with Crippen molar-refractivity contribution in [1.82, 2.24) is 4.98 Å². The lowest BCUT2D eigenvalue weighted by Crippen LogP contribution is -2.17. The number of alkyl halides is 1. The zero-order chi connectivity index (χ0) is 15.2. The van der Waals surface area contributed by atoms with Crippen molar-refractivity contribution in [2.45, 2.75) is 39.0 Å². The first-order valence-corrected chi connectivity index (χ1v) is 8.49. The van der Waals surface area contributed by atoms with Gasteiger partial charge >= 0.3 is 0 Å². The molecule has 0 unspecified atom stereocenters. The molecule has 0 aliphatic heterocycles. The lowest BCUT2D eigenvalue weighted by atomic mass is 10.0. The molecule has 2 rings (SSSR count). The predicted octanol–water partition coefficient (Wildman–Crippen LogP) is 4.19. The van der Waals surface area contributed by atoms with Crippen molar-refractivity contribution in [3.63, 3.8) is 0 Å². The highest BCUT2D eigenvalue weighted by atomic mass is 35.5. The number of hydrogen-bond donors (Lipinski definition) is 1. The van der Waals surface area contributed by atoms with Crippen LogP contribution in [0, 0.1) is 0 Å². The van der Waals surface area contributed by atoms with Crippen LogP contribution < -0.4 is 5.32 Å². The van der Waals surface area contributed by atoms with Gasteiger partial charge in [0, 0.05) is 11.1 Å². The fraction of sp³-hybridized carbons (Fsp3) is 0.375. The Kier molecular flexibility index (Phi) is 5.76. The van der Waals surface area contributed by atoms with E-state index in [0.717, 1.165) is 29.2 Å². The van der Waals surface area contributed by atoms with Crippen molar-refractivity contribution < 1.29 is 4.79 Å². The van der Waals surface area contributed by atoms with Gasteiger partial charge in [0.2, 0.25) is 5.91 Å². The van der Waals surface area contributed by atoms with Crippen molar-refractivity contribution in [2.24, 2.45) is 0 Å². The first-order chi connectivity index (χ1) is 10.2.